The zero-order valence-electron chi connectivity index (χ0n) is 10.5. The fourth-order valence-corrected chi connectivity index (χ4v) is 2.05. The number of para-hydroxylation sites is 1. The van der Waals surface area contributed by atoms with Crippen LogP contribution in [0.1, 0.15) is 10.4 Å². The SMILES string of the molecule is CNC(=O)c1ccccc1Nc1cc(Cl)ncc1Br.Cl. The Morgan fingerprint density at radius 3 is 2.70 bits per heavy atom. The lowest BCUT2D eigenvalue weighted by Crippen LogP contribution is -2.19. The second-order valence-corrected chi connectivity index (χ2v) is 4.98. The van der Waals surface area contributed by atoms with E-state index in [1.54, 1.807) is 25.4 Å². The van der Waals surface area contributed by atoms with E-state index < -0.39 is 0 Å². The summed E-state index contributed by atoms with van der Waals surface area (Å²) in [5.41, 5.74) is 2.01. The van der Waals surface area contributed by atoms with Gasteiger partial charge in [-0.25, -0.2) is 4.98 Å². The number of nitrogens with zero attached hydrogens (tertiary/aromatic N) is 1. The Morgan fingerprint density at radius 2 is 2.00 bits per heavy atom. The van der Waals surface area contributed by atoms with Crippen LogP contribution in [0.25, 0.3) is 0 Å². The van der Waals surface area contributed by atoms with Crippen LogP contribution < -0.4 is 10.6 Å². The molecule has 0 saturated heterocycles. The normalized spacial score (nSPS) is 9.55. The third-order valence-electron chi connectivity index (χ3n) is 2.49. The van der Waals surface area contributed by atoms with Gasteiger partial charge in [-0.3, -0.25) is 4.79 Å². The summed E-state index contributed by atoms with van der Waals surface area (Å²) in [6, 6.07) is 8.92. The number of halogens is 3. The fraction of sp³-hybridized carbons (Fsp3) is 0.0769. The number of carbonyl (C=O) groups is 1. The molecule has 2 N–H and O–H groups in total. The molecule has 0 aliphatic heterocycles. The molecule has 7 heteroatoms. The first-order valence-electron chi connectivity index (χ1n) is 5.51. The van der Waals surface area contributed by atoms with Gasteiger partial charge in [0.2, 0.25) is 0 Å². The van der Waals surface area contributed by atoms with Crippen LogP contribution in [0.15, 0.2) is 41.0 Å². The second-order valence-electron chi connectivity index (χ2n) is 3.74. The molecular formula is C13H12BrCl2N3O. The first-order chi connectivity index (χ1) is 9.11. The summed E-state index contributed by atoms with van der Waals surface area (Å²) in [5.74, 6) is -0.153. The molecule has 2 rings (SSSR count). The zero-order chi connectivity index (χ0) is 13.8. The van der Waals surface area contributed by atoms with Gasteiger partial charge in [-0.05, 0) is 28.1 Å². The lowest BCUT2D eigenvalue weighted by Gasteiger charge is -2.12. The highest BCUT2D eigenvalue weighted by Crippen LogP contribution is 2.28. The van der Waals surface area contributed by atoms with Crippen LogP contribution >= 0.6 is 39.9 Å². The monoisotopic (exact) mass is 375 g/mol. The number of pyridine rings is 1. The van der Waals surface area contributed by atoms with Gasteiger partial charge in [-0.15, -0.1) is 12.4 Å². The van der Waals surface area contributed by atoms with E-state index in [1.165, 1.54) is 0 Å². The van der Waals surface area contributed by atoms with Gasteiger partial charge in [0.15, 0.2) is 0 Å². The second kappa shape index (κ2) is 7.47. The number of hydrogen-bond acceptors (Lipinski definition) is 3. The van der Waals surface area contributed by atoms with Gasteiger partial charge in [0.05, 0.1) is 21.4 Å². The van der Waals surface area contributed by atoms with Crippen molar-refractivity contribution in [3.05, 3.63) is 51.7 Å². The smallest absolute Gasteiger partial charge is 0.253 e. The minimum Gasteiger partial charge on any atom is -0.355 e. The number of aromatic nitrogens is 1. The number of nitrogens with one attached hydrogen (secondary N) is 2. The Balaban J connectivity index is 0.00000200. The lowest BCUT2D eigenvalue weighted by molar-refractivity contribution is 0.0964. The summed E-state index contributed by atoms with van der Waals surface area (Å²) in [6.45, 7) is 0. The molecule has 0 atom stereocenters. The highest BCUT2D eigenvalue weighted by Gasteiger charge is 2.10. The summed E-state index contributed by atoms with van der Waals surface area (Å²) < 4.78 is 0.767. The van der Waals surface area contributed by atoms with Crippen molar-refractivity contribution in [2.24, 2.45) is 0 Å². The van der Waals surface area contributed by atoms with Crippen LogP contribution in [-0.4, -0.2) is 17.9 Å². The predicted molar refractivity (Wildman–Crippen MR) is 87.3 cm³/mol. The number of rotatable bonds is 3. The Kier molecular flexibility index (Phi) is 6.26. The highest BCUT2D eigenvalue weighted by molar-refractivity contribution is 9.10. The Morgan fingerprint density at radius 1 is 1.30 bits per heavy atom. The van der Waals surface area contributed by atoms with Gasteiger partial charge in [-0.2, -0.15) is 0 Å². The standard InChI is InChI=1S/C13H11BrClN3O.ClH/c1-16-13(19)8-4-2-3-5-10(8)18-11-6-12(15)17-7-9(11)14;/h2-7H,1H3,(H,16,19)(H,17,18);1H. The van der Waals surface area contributed by atoms with Crippen LogP contribution in [0, 0.1) is 0 Å². The van der Waals surface area contributed by atoms with E-state index in [2.05, 4.69) is 31.5 Å². The minimum absolute atomic E-state index is 0. The molecule has 0 aliphatic rings. The average Bonchev–Trinajstić information content (AvgIpc) is 2.42. The topological polar surface area (TPSA) is 54.0 Å². The first-order valence-corrected chi connectivity index (χ1v) is 6.68. The molecule has 106 valence electrons. The van der Waals surface area contributed by atoms with Crippen LogP contribution in [-0.2, 0) is 0 Å². The van der Waals surface area contributed by atoms with Crippen LogP contribution in [0.2, 0.25) is 5.15 Å². The van der Waals surface area contributed by atoms with Gasteiger partial charge in [0.25, 0.3) is 5.91 Å². The van der Waals surface area contributed by atoms with E-state index >= 15 is 0 Å². The third kappa shape index (κ3) is 3.85. The molecule has 0 spiro atoms. The maximum atomic E-state index is 11.8. The molecule has 2 aromatic rings. The van der Waals surface area contributed by atoms with Crippen molar-refractivity contribution < 1.29 is 4.79 Å². The number of hydrogen-bond donors (Lipinski definition) is 2. The lowest BCUT2D eigenvalue weighted by atomic mass is 10.1. The predicted octanol–water partition coefficient (Wildman–Crippen LogP) is 4.02. The quantitative estimate of drug-likeness (QED) is 0.795. The number of carbonyl (C=O) groups excluding carboxylic acids is 1. The molecule has 4 nitrogen and oxygen atoms in total. The summed E-state index contributed by atoms with van der Waals surface area (Å²) in [5, 5.41) is 6.15. The largest absolute Gasteiger partial charge is 0.355 e. The van der Waals surface area contributed by atoms with Crippen molar-refractivity contribution in [2.45, 2.75) is 0 Å². The molecule has 1 aromatic carbocycles. The van der Waals surface area contributed by atoms with E-state index in [-0.39, 0.29) is 18.3 Å². The molecule has 0 radical (unpaired) electrons. The summed E-state index contributed by atoms with van der Waals surface area (Å²) in [6.07, 6.45) is 1.60. The van der Waals surface area contributed by atoms with Crippen molar-refractivity contribution in [3.63, 3.8) is 0 Å². The van der Waals surface area contributed by atoms with Gasteiger partial charge < -0.3 is 10.6 Å². The van der Waals surface area contributed by atoms with Crippen molar-refractivity contribution in [1.82, 2.24) is 10.3 Å². The molecule has 20 heavy (non-hydrogen) atoms. The van der Waals surface area contributed by atoms with Crippen molar-refractivity contribution in [1.29, 1.82) is 0 Å². The molecule has 1 heterocycles. The highest BCUT2D eigenvalue weighted by atomic mass is 79.9. The summed E-state index contributed by atoms with van der Waals surface area (Å²) >= 11 is 9.24. The average molecular weight is 377 g/mol. The van der Waals surface area contributed by atoms with Gasteiger partial charge in [0, 0.05) is 19.3 Å². The maximum Gasteiger partial charge on any atom is 0.253 e. The van der Waals surface area contributed by atoms with Gasteiger partial charge >= 0.3 is 0 Å². The fourth-order valence-electron chi connectivity index (χ4n) is 1.58. The zero-order valence-corrected chi connectivity index (χ0v) is 13.6. The number of anilines is 2. The third-order valence-corrected chi connectivity index (χ3v) is 3.33. The number of amides is 1. The molecule has 1 aromatic heterocycles. The Hall–Kier alpha value is -1.30. The van der Waals surface area contributed by atoms with E-state index in [0.717, 1.165) is 10.2 Å². The van der Waals surface area contributed by atoms with Crippen molar-refractivity contribution in [2.75, 3.05) is 12.4 Å². The van der Waals surface area contributed by atoms with Crippen LogP contribution in [0.3, 0.4) is 0 Å². The summed E-state index contributed by atoms with van der Waals surface area (Å²) in [4.78, 5) is 15.7. The van der Waals surface area contributed by atoms with Crippen molar-refractivity contribution in [3.8, 4) is 0 Å². The van der Waals surface area contributed by atoms with E-state index in [1.807, 2.05) is 18.2 Å². The summed E-state index contributed by atoms with van der Waals surface area (Å²) in [7, 11) is 1.60. The van der Waals surface area contributed by atoms with E-state index in [9.17, 15) is 4.79 Å². The molecule has 0 bridgehead atoms. The first kappa shape index (κ1) is 16.8. The maximum absolute atomic E-state index is 11.8. The van der Waals surface area contributed by atoms with Crippen molar-refractivity contribution >= 4 is 57.2 Å². The molecular weight excluding hydrogens is 365 g/mol. The molecule has 0 unspecified atom stereocenters. The van der Waals surface area contributed by atoms with Gasteiger partial charge in [-0.1, -0.05) is 23.7 Å². The van der Waals surface area contributed by atoms with E-state index in [0.29, 0.717) is 16.4 Å². The molecule has 0 fully saturated rings. The van der Waals surface area contributed by atoms with Gasteiger partial charge in [0.1, 0.15) is 5.15 Å². The molecule has 1 amide bonds. The molecule has 0 aliphatic carbocycles. The van der Waals surface area contributed by atoms with E-state index in [4.69, 9.17) is 11.6 Å². The number of benzene rings is 1. The Labute approximate surface area is 136 Å². The minimum atomic E-state index is -0.153. The molecule has 0 saturated carbocycles. The van der Waals surface area contributed by atoms with Crippen LogP contribution in [0.5, 0.6) is 0 Å². The Bertz CT molecular complexity index is 622. The van der Waals surface area contributed by atoms with Crippen LogP contribution in [0.4, 0.5) is 11.4 Å².